The van der Waals surface area contributed by atoms with Gasteiger partial charge in [0, 0.05) is 49.1 Å². The van der Waals surface area contributed by atoms with Gasteiger partial charge in [0.2, 0.25) is 0 Å². The van der Waals surface area contributed by atoms with Gasteiger partial charge in [-0.05, 0) is 71.8 Å². The molecule has 16 nitrogen and oxygen atoms in total. The number of rotatable bonds is 14. The van der Waals surface area contributed by atoms with Gasteiger partial charge in [0.05, 0.1) is 94.3 Å². The average Bonchev–Trinajstić information content (AvgIpc) is 3.36. The summed E-state index contributed by atoms with van der Waals surface area (Å²) in [5.74, 6) is 1.07. The van der Waals surface area contributed by atoms with Crippen LogP contribution in [0.3, 0.4) is 0 Å². The molecule has 0 radical (unpaired) electrons. The van der Waals surface area contributed by atoms with E-state index in [1.807, 2.05) is 6.92 Å². The van der Waals surface area contributed by atoms with Crippen LogP contribution in [0.4, 0.5) is 22.0 Å². The third-order valence-corrected chi connectivity index (χ3v) is 7.60. The second kappa shape index (κ2) is 47.4. The van der Waals surface area contributed by atoms with Crippen LogP contribution in [0, 0.1) is 23.3 Å². The van der Waals surface area contributed by atoms with Crippen LogP contribution in [0.5, 0.6) is 51.7 Å². The van der Waals surface area contributed by atoms with Crippen LogP contribution in [0.25, 0.3) is 0 Å². The molecule has 410 valence electrons. The molecule has 0 amide bonds. The van der Waals surface area contributed by atoms with E-state index in [-0.39, 0.29) is 94.6 Å². The van der Waals surface area contributed by atoms with Crippen molar-refractivity contribution in [3.05, 3.63) is 124 Å². The topological polar surface area (TPSA) is 219 Å². The van der Waals surface area contributed by atoms with E-state index < -0.39 is 29.8 Å². The number of methoxy groups -OCH3 is 8. The molecule has 0 saturated carbocycles. The number of hydrogen-bond donors (Lipinski definition) is 1. The molecule has 0 bridgehead atoms. The third-order valence-electron chi connectivity index (χ3n) is 7.60. The van der Waals surface area contributed by atoms with E-state index in [9.17, 15) is 45.7 Å². The minimum absolute atomic E-state index is 0. The van der Waals surface area contributed by atoms with E-state index in [0.29, 0.717) is 59.8 Å². The molecule has 26 heteroatoms. The largest absolute Gasteiger partial charge is 1.00 e. The molecule has 0 fully saturated rings. The Morgan fingerprint density at radius 2 is 0.824 bits per heavy atom. The number of aliphatic hydroxyl groups excluding tert-OH is 1. The summed E-state index contributed by atoms with van der Waals surface area (Å²) in [5.41, 5.74) is 0.552. The van der Waals surface area contributed by atoms with E-state index in [4.69, 9.17) is 49.1 Å². The standard InChI is InChI=1S/C10H12O3.2C9H9FO3.C8H9FO2.C8H7FO2.C2H6O.CH3F.CH4.Cl3OP.Na.H2O/c1-3-13-10-6-4-5-9(12-2)8(10)7-11;1-12-6-3-8(10)7(5-11)9(4-6)13-2;1-12-8-3-6(10)4-9(13-2)7(8)5-11;1-10-7-3-6(9)4-8(5-7)11-2;1-11-8-4-2-3-7(9)6(8)5-10;1-2-3;1-2;;1-5(2,3)4;;/h4-7H,3H2,1-2H3;2*3-5H,1-2H3;3-5H,1-2H3;2-5H,1H3;3H,2H2,1H3;1H3;1H4;;;1H2/q;;;;;;;;;+1;/p-1/i;;;;;;1D;;;;. The first-order chi connectivity index (χ1) is 34.2. The molecule has 5 aromatic rings. The molecule has 5 rings (SSSR count). The van der Waals surface area contributed by atoms with Gasteiger partial charge in [-0.15, -0.1) is 0 Å². The maximum atomic E-state index is 13.1. The van der Waals surface area contributed by atoms with Crippen LogP contribution in [0.15, 0.2) is 78.9 Å². The molecule has 0 aliphatic carbocycles. The van der Waals surface area contributed by atoms with E-state index >= 15 is 0 Å². The summed E-state index contributed by atoms with van der Waals surface area (Å²) in [4.78, 5) is 42.0. The van der Waals surface area contributed by atoms with E-state index in [0.717, 1.165) is 24.5 Å². The second-order valence-corrected chi connectivity index (χ2v) is 18.5. The van der Waals surface area contributed by atoms with Gasteiger partial charge < -0.3 is 53.2 Å². The van der Waals surface area contributed by atoms with Crippen molar-refractivity contribution in [1.29, 1.82) is 0 Å². The van der Waals surface area contributed by atoms with Gasteiger partial charge in [-0.3, -0.25) is 28.1 Å². The van der Waals surface area contributed by atoms with E-state index in [1.165, 1.54) is 93.3 Å². The van der Waals surface area contributed by atoms with Gasteiger partial charge in [0.1, 0.15) is 75.0 Å². The summed E-state index contributed by atoms with van der Waals surface area (Å²) in [7, 11) is 10.4. The molecular weight excluding hydrogens is 1090 g/mol. The zero-order chi connectivity index (χ0) is 55.8. The Morgan fingerprint density at radius 3 is 1.16 bits per heavy atom. The first-order valence-corrected chi connectivity index (χ1v) is 23.9. The Kier molecular flexibility index (Phi) is 49.6. The summed E-state index contributed by atoms with van der Waals surface area (Å²) in [6.45, 7) is 4.34. The predicted molar refractivity (Wildman–Crippen MR) is 271 cm³/mol. The van der Waals surface area contributed by atoms with Crippen molar-refractivity contribution in [2.75, 3.05) is 77.2 Å². The maximum absolute atomic E-state index is 13.1. The monoisotopic (exact) mass is 1150 g/mol. The Bertz CT molecular complexity index is 2350. The fourth-order valence-electron chi connectivity index (χ4n) is 4.67. The summed E-state index contributed by atoms with van der Waals surface area (Å²) in [6.07, 6.45) is 2.16. The molecule has 74 heavy (non-hydrogen) atoms. The van der Waals surface area contributed by atoms with Crippen LogP contribution >= 0.6 is 38.9 Å². The molecule has 0 heterocycles. The van der Waals surface area contributed by atoms with Crippen molar-refractivity contribution >= 4 is 64.1 Å². The number of ether oxygens (including phenoxy) is 9. The van der Waals surface area contributed by atoms with Crippen molar-refractivity contribution in [3.8, 4) is 51.7 Å². The third kappa shape index (κ3) is 32.8. The first kappa shape index (κ1) is 77.5. The Hall–Kier alpha value is -5.35. The molecule has 0 unspecified atom stereocenters. The van der Waals surface area contributed by atoms with Crippen LogP contribution in [0.1, 0.15) is 64.1 Å². The molecule has 0 atom stereocenters. The molecule has 0 aliphatic rings. The predicted octanol–water partition coefficient (Wildman–Crippen LogP) is 9.57. The summed E-state index contributed by atoms with van der Waals surface area (Å²) in [5, 5.41) is 4.35. The van der Waals surface area contributed by atoms with Crippen molar-refractivity contribution < 1.29 is 130 Å². The van der Waals surface area contributed by atoms with Crippen molar-refractivity contribution in [3.63, 3.8) is 0 Å². The molecular formula is C48H60Cl3F5NaO16P. The molecule has 0 saturated heterocycles. The number of carbonyl (C=O) groups excluding carboxylic acids is 4. The van der Waals surface area contributed by atoms with E-state index in [2.05, 4.69) is 33.7 Å². The number of halogens is 8. The first-order valence-electron chi connectivity index (χ1n) is 20.2. The summed E-state index contributed by atoms with van der Waals surface area (Å²) < 4.78 is 120. The van der Waals surface area contributed by atoms with Gasteiger partial charge in [0.15, 0.2) is 25.1 Å². The summed E-state index contributed by atoms with van der Waals surface area (Å²) in [6, 6.07) is 18.5. The van der Waals surface area contributed by atoms with Gasteiger partial charge in [0.25, 0.3) is 0 Å². The zero-order valence-corrected chi connectivity index (χ0v) is 46.7. The number of benzene rings is 5. The Labute approximate surface area is 465 Å². The number of aliphatic hydroxyl groups is 1. The quantitative estimate of drug-likeness (QED) is 0.0474. The Balaban J connectivity index is -0.000000187. The second-order valence-electron chi connectivity index (χ2n) is 11.8. The fourth-order valence-corrected chi connectivity index (χ4v) is 4.67. The van der Waals surface area contributed by atoms with Gasteiger partial charge in [-0.25, -0.2) is 17.6 Å². The number of aldehydes is 4. The van der Waals surface area contributed by atoms with Crippen LogP contribution in [-0.2, 0) is 4.57 Å². The maximum Gasteiger partial charge on any atom is 1.00 e. The van der Waals surface area contributed by atoms with Crippen LogP contribution in [0.2, 0.25) is 0 Å². The minimum atomic E-state index is -3.22. The minimum Gasteiger partial charge on any atom is -0.870 e. The average molecular weight is 1150 g/mol. The van der Waals surface area contributed by atoms with Crippen molar-refractivity contribution in [2.45, 2.75) is 21.3 Å². The van der Waals surface area contributed by atoms with E-state index in [1.54, 1.807) is 31.2 Å². The Morgan fingerprint density at radius 1 is 0.527 bits per heavy atom. The summed E-state index contributed by atoms with van der Waals surface area (Å²) >= 11 is 13.8. The molecule has 0 aliphatic heterocycles. The SMILES string of the molecule is C.CCO.CCOc1cccc(OC)c1C=O.COc1cc(F)c(C=O)c(OC)c1.COc1cc(F)cc(OC)c1.COc1cc(F)cc(OC)c1C=O.COc1cccc(F)c1C=O.O=P(Cl)(Cl)Cl.[2H]CF.[Na+].[OH-]. The number of hydrogen-bond acceptors (Lipinski definition) is 16. The van der Waals surface area contributed by atoms with Gasteiger partial charge >= 0.3 is 34.8 Å². The molecule has 0 spiro atoms. The van der Waals surface area contributed by atoms with Gasteiger partial charge in [-0.1, -0.05) is 19.6 Å². The smallest absolute Gasteiger partial charge is 0.870 e. The fraction of sp³-hybridized carbons (Fsp3) is 0.292. The normalized spacial score (nSPS) is 9.04. The molecule has 5 aromatic carbocycles. The molecule has 0 aromatic heterocycles. The molecule has 2 N–H and O–H groups in total. The van der Waals surface area contributed by atoms with Gasteiger partial charge in [-0.2, -0.15) is 0 Å². The van der Waals surface area contributed by atoms with Crippen molar-refractivity contribution in [1.82, 2.24) is 0 Å². The number of alkyl halides is 1. The zero-order valence-electron chi connectivity index (χ0n) is 42.5. The number of carbonyl (C=O) groups is 4. The van der Waals surface area contributed by atoms with Crippen LogP contribution in [-0.4, -0.2) is 113 Å². The van der Waals surface area contributed by atoms with Crippen molar-refractivity contribution in [2.24, 2.45) is 0 Å². The van der Waals surface area contributed by atoms with Crippen LogP contribution < -0.4 is 72.2 Å².